The molecule has 2 unspecified atom stereocenters. The molecule has 0 bridgehead atoms. The average Bonchev–Trinajstić information content (AvgIpc) is 2.42. The monoisotopic (exact) mass is 185 g/mol. The van der Waals surface area contributed by atoms with Gasteiger partial charge in [-0.3, -0.25) is 4.79 Å². The molecule has 0 saturated carbocycles. The molecule has 2 atom stereocenters. The number of likely N-dealkylation sites (tertiary alicyclic amines) is 1. The molecular formula is C10H19NO2. The molecule has 0 spiro atoms. The van der Waals surface area contributed by atoms with E-state index in [9.17, 15) is 4.79 Å². The molecule has 3 heteroatoms. The van der Waals surface area contributed by atoms with Gasteiger partial charge in [-0.2, -0.15) is 0 Å². The summed E-state index contributed by atoms with van der Waals surface area (Å²) in [7, 11) is 1.44. The van der Waals surface area contributed by atoms with Gasteiger partial charge in [0, 0.05) is 19.6 Å². The summed E-state index contributed by atoms with van der Waals surface area (Å²) in [6.07, 6.45) is 0.524. The number of nitrogens with zero attached hydrogens (tertiary/aromatic N) is 1. The molecule has 1 saturated heterocycles. The van der Waals surface area contributed by atoms with Gasteiger partial charge >= 0.3 is 5.97 Å². The van der Waals surface area contributed by atoms with Gasteiger partial charge in [0.05, 0.1) is 13.5 Å². The SMILES string of the molecule is COC(=O)CCN1CC(C)C(C)C1. The van der Waals surface area contributed by atoms with Crippen LogP contribution in [0.5, 0.6) is 0 Å². The number of rotatable bonds is 3. The van der Waals surface area contributed by atoms with Crippen LogP contribution in [-0.4, -0.2) is 37.6 Å². The molecule has 0 aliphatic carbocycles. The molecule has 0 N–H and O–H groups in total. The van der Waals surface area contributed by atoms with Crippen LogP contribution in [0.25, 0.3) is 0 Å². The van der Waals surface area contributed by atoms with Crippen LogP contribution in [0.1, 0.15) is 20.3 Å². The molecule has 0 aromatic heterocycles. The van der Waals surface area contributed by atoms with Gasteiger partial charge in [0.15, 0.2) is 0 Å². The van der Waals surface area contributed by atoms with Gasteiger partial charge in [0.1, 0.15) is 0 Å². The van der Waals surface area contributed by atoms with E-state index < -0.39 is 0 Å². The van der Waals surface area contributed by atoms with Crippen LogP contribution in [0.15, 0.2) is 0 Å². The van der Waals surface area contributed by atoms with E-state index in [0.717, 1.165) is 31.5 Å². The lowest BCUT2D eigenvalue weighted by Gasteiger charge is -2.13. The number of ether oxygens (including phenoxy) is 1. The van der Waals surface area contributed by atoms with Crippen molar-refractivity contribution in [3.8, 4) is 0 Å². The van der Waals surface area contributed by atoms with Crippen molar-refractivity contribution in [3.63, 3.8) is 0 Å². The van der Waals surface area contributed by atoms with Crippen molar-refractivity contribution in [3.05, 3.63) is 0 Å². The summed E-state index contributed by atoms with van der Waals surface area (Å²) in [5.74, 6) is 1.42. The summed E-state index contributed by atoms with van der Waals surface area (Å²) in [5.41, 5.74) is 0. The van der Waals surface area contributed by atoms with E-state index >= 15 is 0 Å². The highest BCUT2D eigenvalue weighted by Crippen LogP contribution is 2.21. The summed E-state index contributed by atoms with van der Waals surface area (Å²) in [4.78, 5) is 13.2. The summed E-state index contributed by atoms with van der Waals surface area (Å²) in [5, 5.41) is 0. The maximum Gasteiger partial charge on any atom is 0.306 e. The maximum atomic E-state index is 10.9. The van der Waals surface area contributed by atoms with Gasteiger partial charge in [-0.25, -0.2) is 0 Å². The van der Waals surface area contributed by atoms with Crippen molar-refractivity contribution in [1.29, 1.82) is 0 Å². The molecule has 3 nitrogen and oxygen atoms in total. The van der Waals surface area contributed by atoms with E-state index in [1.165, 1.54) is 7.11 Å². The first-order valence-corrected chi connectivity index (χ1v) is 4.92. The Kier molecular flexibility index (Phi) is 3.72. The van der Waals surface area contributed by atoms with Gasteiger partial charge in [0.25, 0.3) is 0 Å². The van der Waals surface area contributed by atoms with E-state index in [1.54, 1.807) is 0 Å². The first-order valence-electron chi connectivity index (χ1n) is 4.92. The lowest BCUT2D eigenvalue weighted by Crippen LogP contribution is -2.24. The van der Waals surface area contributed by atoms with Gasteiger partial charge in [-0.1, -0.05) is 13.8 Å². The third kappa shape index (κ3) is 2.99. The predicted molar refractivity (Wildman–Crippen MR) is 51.4 cm³/mol. The van der Waals surface area contributed by atoms with Crippen LogP contribution in [-0.2, 0) is 9.53 Å². The second kappa shape index (κ2) is 4.61. The molecule has 1 aliphatic rings. The number of carbonyl (C=O) groups excluding carboxylic acids is 1. The Morgan fingerprint density at radius 2 is 1.92 bits per heavy atom. The van der Waals surface area contributed by atoms with E-state index in [0.29, 0.717) is 6.42 Å². The smallest absolute Gasteiger partial charge is 0.306 e. The maximum absolute atomic E-state index is 10.9. The van der Waals surface area contributed by atoms with Crippen LogP contribution >= 0.6 is 0 Å². The predicted octanol–water partition coefficient (Wildman–Crippen LogP) is 1.14. The summed E-state index contributed by atoms with van der Waals surface area (Å²) in [6, 6.07) is 0. The first-order chi connectivity index (χ1) is 6.13. The highest BCUT2D eigenvalue weighted by Gasteiger charge is 2.25. The Morgan fingerprint density at radius 1 is 1.38 bits per heavy atom. The molecule has 0 amide bonds. The van der Waals surface area contributed by atoms with Crippen molar-refractivity contribution in [2.75, 3.05) is 26.7 Å². The Morgan fingerprint density at radius 3 is 2.38 bits per heavy atom. The zero-order valence-corrected chi connectivity index (χ0v) is 8.75. The molecule has 76 valence electrons. The highest BCUT2D eigenvalue weighted by atomic mass is 16.5. The minimum absolute atomic E-state index is 0.104. The molecule has 0 aromatic carbocycles. The topological polar surface area (TPSA) is 29.5 Å². The molecule has 1 aliphatic heterocycles. The average molecular weight is 185 g/mol. The third-order valence-electron chi connectivity index (χ3n) is 2.92. The van der Waals surface area contributed by atoms with Crippen LogP contribution in [0.4, 0.5) is 0 Å². The minimum atomic E-state index is -0.104. The lowest BCUT2D eigenvalue weighted by molar-refractivity contribution is -0.140. The first kappa shape index (κ1) is 10.5. The van der Waals surface area contributed by atoms with Gasteiger partial charge < -0.3 is 9.64 Å². The number of esters is 1. The second-order valence-electron chi connectivity index (χ2n) is 4.04. The van der Waals surface area contributed by atoms with Gasteiger partial charge in [0.2, 0.25) is 0 Å². The van der Waals surface area contributed by atoms with Crippen LogP contribution in [0.2, 0.25) is 0 Å². The van der Waals surface area contributed by atoms with Crippen LogP contribution in [0, 0.1) is 11.8 Å². The quantitative estimate of drug-likeness (QED) is 0.617. The van der Waals surface area contributed by atoms with Crippen molar-refractivity contribution < 1.29 is 9.53 Å². The van der Waals surface area contributed by atoms with Gasteiger partial charge in [-0.05, 0) is 11.8 Å². The molecule has 1 rings (SSSR count). The Balaban J connectivity index is 2.20. The van der Waals surface area contributed by atoms with E-state index in [-0.39, 0.29) is 5.97 Å². The zero-order chi connectivity index (χ0) is 9.84. The fourth-order valence-electron chi connectivity index (χ4n) is 1.78. The normalized spacial score (nSPS) is 29.2. The fourth-order valence-corrected chi connectivity index (χ4v) is 1.78. The Labute approximate surface area is 80.1 Å². The number of hydrogen-bond donors (Lipinski definition) is 0. The fraction of sp³-hybridized carbons (Fsp3) is 0.900. The van der Waals surface area contributed by atoms with Crippen molar-refractivity contribution in [1.82, 2.24) is 4.90 Å². The summed E-state index contributed by atoms with van der Waals surface area (Å²) >= 11 is 0. The van der Waals surface area contributed by atoms with E-state index in [2.05, 4.69) is 23.5 Å². The Bertz CT molecular complexity index is 172. The van der Waals surface area contributed by atoms with Gasteiger partial charge in [-0.15, -0.1) is 0 Å². The lowest BCUT2D eigenvalue weighted by atomic mass is 10.0. The van der Waals surface area contributed by atoms with Crippen molar-refractivity contribution in [2.45, 2.75) is 20.3 Å². The summed E-state index contributed by atoms with van der Waals surface area (Å²) < 4.78 is 4.60. The number of carbonyl (C=O) groups is 1. The minimum Gasteiger partial charge on any atom is -0.469 e. The molecule has 0 aromatic rings. The van der Waals surface area contributed by atoms with Crippen molar-refractivity contribution in [2.24, 2.45) is 11.8 Å². The molecule has 13 heavy (non-hydrogen) atoms. The van der Waals surface area contributed by atoms with E-state index in [1.807, 2.05) is 0 Å². The zero-order valence-electron chi connectivity index (χ0n) is 8.75. The third-order valence-corrected chi connectivity index (χ3v) is 2.92. The molecule has 1 fully saturated rings. The summed E-state index contributed by atoms with van der Waals surface area (Å²) in [6.45, 7) is 7.63. The number of hydrogen-bond acceptors (Lipinski definition) is 3. The Hall–Kier alpha value is -0.570. The van der Waals surface area contributed by atoms with E-state index in [4.69, 9.17) is 0 Å². The second-order valence-corrected chi connectivity index (χ2v) is 4.04. The number of methoxy groups -OCH3 is 1. The molecule has 1 heterocycles. The largest absolute Gasteiger partial charge is 0.469 e. The van der Waals surface area contributed by atoms with Crippen LogP contribution < -0.4 is 0 Å². The highest BCUT2D eigenvalue weighted by molar-refractivity contribution is 5.69. The molecule has 0 radical (unpaired) electrons. The molecular weight excluding hydrogens is 166 g/mol. The standard InChI is InChI=1S/C10H19NO2/c1-8-6-11(7-9(8)2)5-4-10(12)13-3/h8-9H,4-7H2,1-3H3. The van der Waals surface area contributed by atoms with Crippen LogP contribution in [0.3, 0.4) is 0 Å². The van der Waals surface area contributed by atoms with Crippen molar-refractivity contribution >= 4 is 5.97 Å².